The Morgan fingerprint density at radius 1 is 1.11 bits per heavy atom. The smallest absolute Gasteiger partial charge is 0.308 e. The zero-order chi connectivity index (χ0) is 13.7. The molecule has 0 radical (unpaired) electrons. The zero-order valence-electron chi connectivity index (χ0n) is 12.3. The highest BCUT2D eigenvalue weighted by atomic mass is 16.4. The van der Waals surface area contributed by atoms with Crippen molar-refractivity contribution in [1.82, 2.24) is 4.90 Å². The van der Waals surface area contributed by atoms with E-state index in [0.29, 0.717) is 6.04 Å². The predicted octanol–water partition coefficient (Wildman–Crippen LogP) is 3.53. The lowest BCUT2D eigenvalue weighted by molar-refractivity contribution is -0.144. The molecular formula is C16H29NO2. The van der Waals surface area contributed by atoms with Crippen LogP contribution in [0.4, 0.5) is 0 Å². The van der Waals surface area contributed by atoms with Gasteiger partial charge in [-0.3, -0.25) is 9.69 Å². The zero-order valence-corrected chi connectivity index (χ0v) is 12.3. The standard InChI is InChI=1S/C16H29NO2/c1-2-6-13-9-11-17(12-10-13)15-8-5-3-4-7-14(15)16(18)19/h13-15H,2-12H2,1H3,(H,18,19). The Morgan fingerprint density at radius 2 is 1.79 bits per heavy atom. The SMILES string of the molecule is CCCC1CCN(C2CCCCCC2C(=O)O)CC1. The molecule has 0 aromatic rings. The van der Waals surface area contributed by atoms with E-state index in [1.807, 2.05) is 0 Å². The minimum absolute atomic E-state index is 0.120. The molecule has 110 valence electrons. The highest BCUT2D eigenvalue weighted by molar-refractivity contribution is 5.70. The van der Waals surface area contributed by atoms with Gasteiger partial charge in [-0.15, -0.1) is 0 Å². The Kier molecular flexibility index (Phi) is 5.68. The average molecular weight is 267 g/mol. The maximum absolute atomic E-state index is 11.5. The van der Waals surface area contributed by atoms with Crippen LogP contribution >= 0.6 is 0 Å². The molecule has 19 heavy (non-hydrogen) atoms. The second-order valence-electron chi connectivity index (χ2n) is 6.42. The van der Waals surface area contributed by atoms with Gasteiger partial charge in [-0.25, -0.2) is 0 Å². The molecule has 0 aromatic carbocycles. The summed E-state index contributed by atoms with van der Waals surface area (Å²) in [7, 11) is 0. The first kappa shape index (κ1) is 14.8. The van der Waals surface area contributed by atoms with Crippen molar-refractivity contribution in [2.75, 3.05) is 13.1 Å². The van der Waals surface area contributed by atoms with E-state index >= 15 is 0 Å². The number of aliphatic carboxylic acids is 1. The highest BCUT2D eigenvalue weighted by Gasteiger charge is 2.35. The van der Waals surface area contributed by atoms with Gasteiger partial charge >= 0.3 is 5.97 Å². The molecule has 2 rings (SSSR count). The van der Waals surface area contributed by atoms with Gasteiger partial charge in [0.1, 0.15) is 0 Å². The van der Waals surface area contributed by atoms with Gasteiger partial charge in [-0.05, 0) is 44.7 Å². The summed E-state index contributed by atoms with van der Waals surface area (Å²) in [6.07, 6.45) is 10.7. The van der Waals surface area contributed by atoms with Crippen molar-refractivity contribution in [2.45, 2.75) is 70.8 Å². The van der Waals surface area contributed by atoms with Gasteiger partial charge in [0.25, 0.3) is 0 Å². The molecule has 1 saturated carbocycles. The molecule has 2 atom stereocenters. The third-order valence-electron chi connectivity index (χ3n) is 5.11. The first-order valence-electron chi connectivity index (χ1n) is 8.19. The summed E-state index contributed by atoms with van der Waals surface area (Å²) < 4.78 is 0. The average Bonchev–Trinajstić information content (AvgIpc) is 2.65. The summed E-state index contributed by atoms with van der Waals surface area (Å²) in [5.74, 6) is 0.197. The Morgan fingerprint density at radius 3 is 2.42 bits per heavy atom. The topological polar surface area (TPSA) is 40.5 Å². The third kappa shape index (κ3) is 3.95. The lowest BCUT2D eigenvalue weighted by Crippen LogP contribution is -2.47. The Hall–Kier alpha value is -0.570. The van der Waals surface area contributed by atoms with Crippen LogP contribution in [-0.2, 0) is 4.79 Å². The molecule has 1 saturated heterocycles. The molecule has 0 amide bonds. The highest BCUT2D eigenvalue weighted by Crippen LogP contribution is 2.31. The molecule has 3 heteroatoms. The van der Waals surface area contributed by atoms with Crippen LogP contribution in [0.1, 0.15) is 64.7 Å². The maximum Gasteiger partial charge on any atom is 0.308 e. The molecule has 2 aliphatic rings. The minimum atomic E-state index is -0.567. The van der Waals surface area contributed by atoms with Crippen LogP contribution in [0, 0.1) is 11.8 Å². The second kappa shape index (κ2) is 7.28. The van der Waals surface area contributed by atoms with Crippen LogP contribution in [-0.4, -0.2) is 35.1 Å². The molecule has 0 aromatic heterocycles. The van der Waals surface area contributed by atoms with E-state index in [1.54, 1.807) is 0 Å². The van der Waals surface area contributed by atoms with E-state index < -0.39 is 5.97 Å². The van der Waals surface area contributed by atoms with Crippen LogP contribution in [0.5, 0.6) is 0 Å². The van der Waals surface area contributed by atoms with E-state index in [-0.39, 0.29) is 5.92 Å². The summed E-state index contributed by atoms with van der Waals surface area (Å²) in [5.41, 5.74) is 0. The van der Waals surface area contributed by atoms with Gasteiger partial charge < -0.3 is 5.11 Å². The number of rotatable bonds is 4. The van der Waals surface area contributed by atoms with E-state index in [0.717, 1.165) is 38.3 Å². The van der Waals surface area contributed by atoms with Crippen molar-refractivity contribution in [2.24, 2.45) is 11.8 Å². The number of likely N-dealkylation sites (tertiary alicyclic amines) is 1. The second-order valence-corrected chi connectivity index (χ2v) is 6.42. The van der Waals surface area contributed by atoms with Gasteiger partial charge in [0.05, 0.1) is 5.92 Å². The molecule has 0 spiro atoms. The van der Waals surface area contributed by atoms with Crippen LogP contribution in [0.3, 0.4) is 0 Å². The molecule has 3 nitrogen and oxygen atoms in total. The largest absolute Gasteiger partial charge is 0.481 e. The molecule has 1 heterocycles. The van der Waals surface area contributed by atoms with Crippen molar-refractivity contribution in [3.05, 3.63) is 0 Å². The number of nitrogens with zero attached hydrogens (tertiary/aromatic N) is 1. The lowest BCUT2D eigenvalue weighted by Gasteiger charge is -2.39. The van der Waals surface area contributed by atoms with Gasteiger partial charge in [-0.1, -0.05) is 39.0 Å². The van der Waals surface area contributed by atoms with E-state index in [2.05, 4.69) is 11.8 Å². The summed E-state index contributed by atoms with van der Waals surface area (Å²) in [4.78, 5) is 14.0. The predicted molar refractivity (Wildman–Crippen MR) is 77.2 cm³/mol. The normalized spacial score (nSPS) is 31.0. The lowest BCUT2D eigenvalue weighted by atomic mass is 9.88. The van der Waals surface area contributed by atoms with Crippen LogP contribution < -0.4 is 0 Å². The van der Waals surface area contributed by atoms with Crippen molar-refractivity contribution in [3.8, 4) is 0 Å². The summed E-state index contributed by atoms with van der Waals surface area (Å²) in [6.45, 7) is 4.51. The third-order valence-corrected chi connectivity index (χ3v) is 5.11. The Labute approximate surface area is 117 Å². The van der Waals surface area contributed by atoms with Crippen LogP contribution in [0.15, 0.2) is 0 Å². The quantitative estimate of drug-likeness (QED) is 0.792. The monoisotopic (exact) mass is 267 g/mol. The molecule has 2 unspecified atom stereocenters. The molecule has 1 N–H and O–H groups in total. The first-order chi connectivity index (χ1) is 9.22. The van der Waals surface area contributed by atoms with E-state index in [9.17, 15) is 9.90 Å². The number of hydrogen-bond acceptors (Lipinski definition) is 2. The van der Waals surface area contributed by atoms with Gasteiger partial charge in [0, 0.05) is 6.04 Å². The maximum atomic E-state index is 11.5. The first-order valence-corrected chi connectivity index (χ1v) is 8.19. The number of carboxylic acid groups (broad SMARTS) is 1. The minimum Gasteiger partial charge on any atom is -0.481 e. The van der Waals surface area contributed by atoms with Crippen LogP contribution in [0.25, 0.3) is 0 Å². The molecule has 0 bridgehead atoms. The molecule has 1 aliphatic carbocycles. The van der Waals surface area contributed by atoms with Crippen molar-refractivity contribution >= 4 is 5.97 Å². The van der Waals surface area contributed by atoms with E-state index in [1.165, 1.54) is 38.5 Å². The van der Waals surface area contributed by atoms with Crippen molar-refractivity contribution < 1.29 is 9.90 Å². The number of carbonyl (C=O) groups is 1. The molecule has 1 aliphatic heterocycles. The number of carboxylic acids is 1. The summed E-state index contributed by atoms with van der Waals surface area (Å²) in [5, 5.41) is 9.47. The van der Waals surface area contributed by atoms with Crippen LogP contribution in [0.2, 0.25) is 0 Å². The van der Waals surface area contributed by atoms with Crippen molar-refractivity contribution in [1.29, 1.82) is 0 Å². The van der Waals surface area contributed by atoms with Crippen molar-refractivity contribution in [3.63, 3.8) is 0 Å². The number of piperidine rings is 1. The Bertz CT molecular complexity index is 284. The summed E-state index contributed by atoms with van der Waals surface area (Å²) >= 11 is 0. The fraction of sp³-hybridized carbons (Fsp3) is 0.938. The molecular weight excluding hydrogens is 238 g/mol. The summed E-state index contributed by atoms with van der Waals surface area (Å²) in [6, 6.07) is 0.308. The van der Waals surface area contributed by atoms with Gasteiger partial charge in [0.2, 0.25) is 0 Å². The van der Waals surface area contributed by atoms with E-state index in [4.69, 9.17) is 0 Å². The van der Waals surface area contributed by atoms with Gasteiger partial charge in [0.15, 0.2) is 0 Å². The fourth-order valence-corrected chi connectivity index (χ4v) is 3.99. The number of hydrogen-bond donors (Lipinski definition) is 1. The molecule has 2 fully saturated rings. The fourth-order valence-electron chi connectivity index (χ4n) is 3.99. The van der Waals surface area contributed by atoms with Gasteiger partial charge in [-0.2, -0.15) is 0 Å². The Balaban J connectivity index is 1.93.